The highest BCUT2D eigenvalue weighted by Crippen LogP contribution is 2.22. The number of carbonyl (C=O) groups excluding carboxylic acids is 3. The number of aromatic carboxylic acids is 2. The molecule has 3 aromatic rings. The molecule has 0 aliphatic carbocycles. The van der Waals surface area contributed by atoms with Gasteiger partial charge in [0.05, 0.1) is 34.6 Å². The van der Waals surface area contributed by atoms with Gasteiger partial charge in [-0.1, -0.05) is 13.3 Å². The minimum Gasteiger partial charge on any atom is -0.478 e. The maximum absolute atomic E-state index is 12.6. The van der Waals surface area contributed by atoms with E-state index in [1.807, 2.05) is 6.92 Å². The van der Waals surface area contributed by atoms with E-state index in [0.717, 1.165) is 35.9 Å². The number of unbranched alkanes of at least 4 members (excludes halogenated alkanes) is 1. The fourth-order valence-electron chi connectivity index (χ4n) is 3.31. The fraction of sp³-hybridized carbons (Fsp3) is 0.179. The number of esters is 1. The zero-order valence-corrected chi connectivity index (χ0v) is 21.7. The molecule has 39 heavy (non-hydrogen) atoms. The van der Waals surface area contributed by atoms with Crippen molar-refractivity contribution in [3.8, 4) is 0 Å². The van der Waals surface area contributed by atoms with Gasteiger partial charge in [0.2, 0.25) is 5.91 Å². The number of carboxylic acids is 2. The van der Waals surface area contributed by atoms with Crippen molar-refractivity contribution < 1.29 is 38.9 Å². The maximum Gasteiger partial charge on any atom is 0.338 e. The molecule has 0 radical (unpaired) electrons. The number of hydrogen-bond donors (Lipinski definition) is 4. The van der Waals surface area contributed by atoms with Crippen LogP contribution in [0.5, 0.6) is 0 Å². The van der Waals surface area contributed by atoms with Gasteiger partial charge < -0.3 is 25.6 Å². The molecule has 4 N–H and O–H groups in total. The number of hydrogen-bond acceptors (Lipinski definition) is 7. The number of rotatable bonds is 12. The first-order valence-corrected chi connectivity index (χ1v) is 12.9. The predicted octanol–water partition coefficient (Wildman–Crippen LogP) is 5.02. The van der Waals surface area contributed by atoms with Crippen LogP contribution in [0, 0.1) is 0 Å². The Morgan fingerprint density at radius 3 is 2.00 bits per heavy atom. The lowest BCUT2D eigenvalue weighted by Crippen LogP contribution is -2.17. The van der Waals surface area contributed by atoms with Crippen molar-refractivity contribution in [1.29, 1.82) is 0 Å². The molecule has 0 saturated heterocycles. The minimum atomic E-state index is -1.42. The Bertz CT molecular complexity index is 1370. The van der Waals surface area contributed by atoms with Crippen LogP contribution in [0.25, 0.3) is 0 Å². The molecule has 3 aromatic carbocycles. The van der Waals surface area contributed by atoms with Gasteiger partial charge in [0.1, 0.15) is 0 Å². The third kappa shape index (κ3) is 8.44. The maximum atomic E-state index is 12.6. The summed E-state index contributed by atoms with van der Waals surface area (Å²) >= 11 is 1.27. The van der Waals surface area contributed by atoms with Gasteiger partial charge in [0.25, 0.3) is 5.91 Å². The van der Waals surface area contributed by atoms with E-state index in [1.165, 1.54) is 11.8 Å². The molecule has 0 heterocycles. The molecule has 10 nitrogen and oxygen atoms in total. The van der Waals surface area contributed by atoms with Crippen molar-refractivity contribution in [2.45, 2.75) is 24.7 Å². The van der Waals surface area contributed by atoms with Crippen molar-refractivity contribution in [1.82, 2.24) is 0 Å². The molecule has 202 valence electrons. The van der Waals surface area contributed by atoms with E-state index in [2.05, 4.69) is 10.6 Å². The summed E-state index contributed by atoms with van der Waals surface area (Å²) in [7, 11) is 0. The van der Waals surface area contributed by atoms with Crippen molar-refractivity contribution >= 4 is 52.9 Å². The summed E-state index contributed by atoms with van der Waals surface area (Å²) in [6.07, 6.45) is 1.73. The quantitative estimate of drug-likeness (QED) is 0.138. The lowest BCUT2D eigenvalue weighted by Gasteiger charge is -2.10. The SMILES string of the molecule is CCCCOC(=O)c1ccc(NC(=O)CSc2ccc(NC(=O)c3ccc(C(=O)O)cc3C(=O)O)cc2)cc1. The molecule has 3 rings (SSSR count). The van der Waals surface area contributed by atoms with Gasteiger partial charge in [-0.25, -0.2) is 14.4 Å². The fourth-order valence-corrected chi connectivity index (χ4v) is 4.01. The number of thioether (sulfide) groups is 1. The predicted molar refractivity (Wildman–Crippen MR) is 146 cm³/mol. The molecule has 0 spiro atoms. The lowest BCUT2D eigenvalue weighted by molar-refractivity contribution is -0.113. The monoisotopic (exact) mass is 550 g/mol. The van der Waals surface area contributed by atoms with Gasteiger partial charge in [-0.3, -0.25) is 9.59 Å². The van der Waals surface area contributed by atoms with E-state index < -0.39 is 29.4 Å². The van der Waals surface area contributed by atoms with Crippen LogP contribution in [0.2, 0.25) is 0 Å². The number of amides is 2. The Labute approximate surface area is 228 Å². The van der Waals surface area contributed by atoms with Crippen LogP contribution < -0.4 is 10.6 Å². The third-order valence-electron chi connectivity index (χ3n) is 5.36. The number of nitrogens with one attached hydrogen (secondary N) is 2. The van der Waals surface area contributed by atoms with Crippen LogP contribution in [0.1, 0.15) is 61.2 Å². The van der Waals surface area contributed by atoms with Gasteiger partial charge in [-0.05, 0) is 73.2 Å². The zero-order valence-electron chi connectivity index (χ0n) is 20.9. The standard InChI is InChI=1S/C28H26N2O8S/c1-2-3-14-38-28(37)17-4-7-19(8-5-17)29-24(31)16-39-21-11-9-20(10-12-21)30-25(32)22-13-6-18(26(33)34)15-23(22)27(35)36/h4-13,15H,2-3,14,16H2,1H3,(H,29,31)(H,30,32)(H,33,34)(H,35,36). The van der Waals surface area contributed by atoms with Crippen LogP contribution in [0.15, 0.2) is 71.6 Å². The molecule has 0 fully saturated rings. The average molecular weight is 551 g/mol. The summed E-state index contributed by atoms with van der Waals surface area (Å²) in [6.45, 7) is 2.37. The summed E-state index contributed by atoms with van der Waals surface area (Å²) in [6, 6.07) is 16.3. The van der Waals surface area contributed by atoms with E-state index in [-0.39, 0.29) is 22.8 Å². The Morgan fingerprint density at radius 1 is 0.769 bits per heavy atom. The van der Waals surface area contributed by atoms with Crippen molar-refractivity contribution in [2.75, 3.05) is 23.0 Å². The molecule has 0 bridgehead atoms. The number of anilines is 2. The topological polar surface area (TPSA) is 159 Å². The summed E-state index contributed by atoms with van der Waals surface area (Å²) in [5.41, 5.74) is 0.494. The van der Waals surface area contributed by atoms with Gasteiger partial charge >= 0.3 is 17.9 Å². The molecule has 0 aliphatic rings. The van der Waals surface area contributed by atoms with Gasteiger partial charge in [0.15, 0.2) is 0 Å². The second-order valence-corrected chi connectivity index (χ2v) is 9.30. The second-order valence-electron chi connectivity index (χ2n) is 8.25. The minimum absolute atomic E-state index is 0.115. The van der Waals surface area contributed by atoms with Crippen LogP contribution in [-0.4, -0.2) is 52.3 Å². The first-order chi connectivity index (χ1) is 18.7. The molecule has 0 aliphatic heterocycles. The van der Waals surface area contributed by atoms with Crippen LogP contribution in [0.4, 0.5) is 11.4 Å². The number of carboxylic acid groups (broad SMARTS) is 2. The molecule has 0 saturated carbocycles. The van der Waals surface area contributed by atoms with E-state index in [9.17, 15) is 29.1 Å². The first kappa shape index (κ1) is 28.9. The molecule has 0 atom stereocenters. The summed E-state index contributed by atoms with van der Waals surface area (Å²) in [5.74, 6) is -3.97. The van der Waals surface area contributed by atoms with Gasteiger partial charge in [0, 0.05) is 16.3 Å². The lowest BCUT2D eigenvalue weighted by atomic mass is 10.0. The van der Waals surface area contributed by atoms with E-state index >= 15 is 0 Å². The summed E-state index contributed by atoms with van der Waals surface area (Å²) in [4.78, 5) is 60.3. The largest absolute Gasteiger partial charge is 0.478 e. The van der Waals surface area contributed by atoms with E-state index in [1.54, 1.807) is 48.5 Å². The molecule has 0 unspecified atom stereocenters. The number of benzene rings is 3. The van der Waals surface area contributed by atoms with Crippen LogP contribution in [-0.2, 0) is 9.53 Å². The molecule has 2 amide bonds. The smallest absolute Gasteiger partial charge is 0.338 e. The van der Waals surface area contributed by atoms with Crippen molar-refractivity contribution in [2.24, 2.45) is 0 Å². The van der Waals surface area contributed by atoms with Crippen LogP contribution in [0.3, 0.4) is 0 Å². The third-order valence-corrected chi connectivity index (χ3v) is 6.37. The Kier molecular flexibility index (Phi) is 10.2. The molecular formula is C28H26N2O8S. The molecular weight excluding hydrogens is 524 g/mol. The Hall–Kier alpha value is -4.64. The first-order valence-electron chi connectivity index (χ1n) is 11.9. The van der Waals surface area contributed by atoms with Crippen molar-refractivity contribution in [3.05, 3.63) is 89.0 Å². The molecule has 11 heteroatoms. The Balaban J connectivity index is 1.52. The second kappa shape index (κ2) is 13.8. The Morgan fingerprint density at radius 2 is 1.38 bits per heavy atom. The normalized spacial score (nSPS) is 10.4. The van der Waals surface area contributed by atoms with Gasteiger partial charge in [-0.15, -0.1) is 11.8 Å². The number of ether oxygens (including phenoxy) is 1. The number of carbonyl (C=O) groups is 5. The van der Waals surface area contributed by atoms with E-state index in [4.69, 9.17) is 9.84 Å². The summed E-state index contributed by atoms with van der Waals surface area (Å²) < 4.78 is 5.16. The van der Waals surface area contributed by atoms with Gasteiger partial charge in [-0.2, -0.15) is 0 Å². The zero-order chi connectivity index (χ0) is 28.4. The van der Waals surface area contributed by atoms with Crippen molar-refractivity contribution in [3.63, 3.8) is 0 Å². The van der Waals surface area contributed by atoms with E-state index in [0.29, 0.717) is 23.5 Å². The highest BCUT2D eigenvalue weighted by atomic mass is 32.2. The average Bonchev–Trinajstić information content (AvgIpc) is 2.92. The molecule has 0 aromatic heterocycles. The summed E-state index contributed by atoms with van der Waals surface area (Å²) in [5, 5.41) is 23.8. The highest BCUT2D eigenvalue weighted by molar-refractivity contribution is 8.00. The highest BCUT2D eigenvalue weighted by Gasteiger charge is 2.19. The van der Waals surface area contributed by atoms with Crippen LogP contribution >= 0.6 is 11.8 Å².